The molecule has 1 aliphatic rings. The molecule has 0 aliphatic carbocycles. The summed E-state index contributed by atoms with van der Waals surface area (Å²) in [5.41, 5.74) is 1.50. The maximum Gasteiger partial charge on any atom is 0.254 e. The summed E-state index contributed by atoms with van der Waals surface area (Å²) >= 11 is 0. The minimum absolute atomic E-state index is 0.0201. The Morgan fingerprint density at radius 2 is 2.04 bits per heavy atom. The smallest absolute Gasteiger partial charge is 0.254 e. The van der Waals surface area contributed by atoms with E-state index in [4.69, 9.17) is 5.26 Å². The molecule has 134 valence electrons. The van der Waals surface area contributed by atoms with E-state index in [1.54, 1.807) is 25.1 Å². The van der Waals surface area contributed by atoms with Gasteiger partial charge in [0.05, 0.1) is 22.9 Å². The van der Waals surface area contributed by atoms with Crippen molar-refractivity contribution in [2.24, 2.45) is 0 Å². The fourth-order valence-electron chi connectivity index (χ4n) is 3.22. The maximum absolute atomic E-state index is 14.2. The number of hydrogen-bond donors (Lipinski definition) is 1. The van der Waals surface area contributed by atoms with Crippen LogP contribution < -0.4 is 10.2 Å². The van der Waals surface area contributed by atoms with Crippen molar-refractivity contribution in [1.29, 1.82) is 5.26 Å². The fourth-order valence-corrected chi connectivity index (χ4v) is 3.22. The third-order valence-corrected chi connectivity index (χ3v) is 4.54. The van der Waals surface area contributed by atoms with E-state index in [1.165, 1.54) is 18.2 Å². The van der Waals surface area contributed by atoms with Gasteiger partial charge in [0.1, 0.15) is 11.6 Å². The van der Waals surface area contributed by atoms with Gasteiger partial charge in [0.25, 0.3) is 5.91 Å². The summed E-state index contributed by atoms with van der Waals surface area (Å²) in [5, 5.41) is 11.7. The summed E-state index contributed by atoms with van der Waals surface area (Å²) in [4.78, 5) is 14.2. The zero-order chi connectivity index (χ0) is 18.7. The summed E-state index contributed by atoms with van der Waals surface area (Å²) in [6, 6.07) is 10.5. The first-order valence-corrected chi connectivity index (χ1v) is 8.49. The Kier molecular flexibility index (Phi) is 5.17. The van der Waals surface area contributed by atoms with Crippen LogP contribution in [0.3, 0.4) is 0 Å². The molecule has 0 radical (unpaired) electrons. The van der Waals surface area contributed by atoms with E-state index in [-0.39, 0.29) is 17.2 Å². The van der Waals surface area contributed by atoms with Crippen LogP contribution in [0.2, 0.25) is 0 Å². The molecule has 2 aromatic rings. The Labute approximate surface area is 151 Å². The van der Waals surface area contributed by atoms with Crippen molar-refractivity contribution in [2.45, 2.75) is 25.8 Å². The fraction of sp³-hybridized carbons (Fsp3) is 0.300. The van der Waals surface area contributed by atoms with E-state index < -0.39 is 17.5 Å². The first kappa shape index (κ1) is 17.9. The summed E-state index contributed by atoms with van der Waals surface area (Å²) in [6.45, 7) is 2.89. The number of piperidine rings is 1. The molecule has 26 heavy (non-hydrogen) atoms. The molecule has 6 heteroatoms. The number of nitriles is 1. The standard InChI is InChI=1S/C20H19F2N3O/c1-13-4-6-17(21)16(9-13)20(26)24-15-3-2-8-25(12-15)19-7-5-14(11-23)10-18(19)22/h4-7,9-10,15H,2-3,8,12H2,1H3,(H,24,26). The minimum Gasteiger partial charge on any atom is -0.367 e. The van der Waals surface area contributed by atoms with Gasteiger partial charge in [0.15, 0.2) is 0 Å². The Balaban J connectivity index is 1.72. The number of nitrogens with one attached hydrogen (secondary N) is 1. The average Bonchev–Trinajstić information content (AvgIpc) is 2.63. The zero-order valence-corrected chi connectivity index (χ0v) is 14.4. The van der Waals surface area contributed by atoms with Crippen LogP contribution in [0.4, 0.5) is 14.5 Å². The lowest BCUT2D eigenvalue weighted by Gasteiger charge is -2.35. The summed E-state index contributed by atoms with van der Waals surface area (Å²) in [5.74, 6) is -1.47. The Bertz CT molecular complexity index is 876. The molecule has 1 saturated heterocycles. The Morgan fingerprint density at radius 1 is 1.23 bits per heavy atom. The average molecular weight is 355 g/mol. The van der Waals surface area contributed by atoms with E-state index in [0.717, 1.165) is 18.4 Å². The topological polar surface area (TPSA) is 56.1 Å². The third kappa shape index (κ3) is 3.83. The normalized spacial score (nSPS) is 16.8. The number of carbonyl (C=O) groups is 1. The molecule has 1 aliphatic heterocycles. The quantitative estimate of drug-likeness (QED) is 0.916. The van der Waals surface area contributed by atoms with Crippen LogP contribution in [0.25, 0.3) is 0 Å². The molecular formula is C20H19F2N3O. The SMILES string of the molecule is Cc1ccc(F)c(C(=O)NC2CCCN(c3ccc(C#N)cc3F)C2)c1. The Morgan fingerprint density at radius 3 is 2.77 bits per heavy atom. The summed E-state index contributed by atoms with van der Waals surface area (Å²) < 4.78 is 28.1. The second-order valence-corrected chi connectivity index (χ2v) is 6.52. The molecule has 0 bridgehead atoms. The molecule has 1 amide bonds. The second-order valence-electron chi connectivity index (χ2n) is 6.52. The molecule has 0 saturated carbocycles. The number of carbonyl (C=O) groups excluding carboxylic acids is 1. The number of amides is 1. The zero-order valence-electron chi connectivity index (χ0n) is 14.4. The molecule has 3 rings (SSSR count). The van der Waals surface area contributed by atoms with Gasteiger partial charge in [-0.2, -0.15) is 5.26 Å². The highest BCUT2D eigenvalue weighted by Crippen LogP contribution is 2.24. The van der Waals surface area contributed by atoms with Gasteiger partial charge in [-0.05, 0) is 50.1 Å². The van der Waals surface area contributed by atoms with Crippen molar-refractivity contribution >= 4 is 11.6 Å². The first-order valence-electron chi connectivity index (χ1n) is 8.49. The number of rotatable bonds is 3. The van der Waals surface area contributed by atoms with Gasteiger partial charge in [0.2, 0.25) is 0 Å². The summed E-state index contributed by atoms with van der Waals surface area (Å²) in [7, 11) is 0. The van der Waals surface area contributed by atoms with Crippen LogP contribution in [-0.4, -0.2) is 25.0 Å². The lowest BCUT2D eigenvalue weighted by atomic mass is 10.0. The highest BCUT2D eigenvalue weighted by atomic mass is 19.1. The van der Waals surface area contributed by atoms with Crippen molar-refractivity contribution in [1.82, 2.24) is 5.32 Å². The van der Waals surface area contributed by atoms with Gasteiger partial charge in [-0.15, -0.1) is 0 Å². The van der Waals surface area contributed by atoms with Crippen LogP contribution in [0.15, 0.2) is 36.4 Å². The largest absolute Gasteiger partial charge is 0.367 e. The molecular weight excluding hydrogens is 336 g/mol. The van der Waals surface area contributed by atoms with Gasteiger partial charge >= 0.3 is 0 Å². The van der Waals surface area contributed by atoms with E-state index in [1.807, 2.05) is 11.0 Å². The Hall–Kier alpha value is -2.94. The molecule has 1 atom stereocenters. The van der Waals surface area contributed by atoms with Crippen molar-refractivity contribution in [3.05, 3.63) is 64.7 Å². The van der Waals surface area contributed by atoms with Gasteiger partial charge in [-0.3, -0.25) is 4.79 Å². The van der Waals surface area contributed by atoms with Crippen LogP contribution in [-0.2, 0) is 0 Å². The van der Waals surface area contributed by atoms with E-state index >= 15 is 0 Å². The van der Waals surface area contributed by atoms with Crippen LogP contribution in [0.1, 0.15) is 34.3 Å². The number of benzene rings is 2. The predicted octanol–water partition coefficient (Wildman–Crippen LogP) is 3.54. The van der Waals surface area contributed by atoms with Crippen LogP contribution in [0, 0.1) is 29.9 Å². The van der Waals surface area contributed by atoms with E-state index in [0.29, 0.717) is 18.8 Å². The highest BCUT2D eigenvalue weighted by Gasteiger charge is 2.24. The van der Waals surface area contributed by atoms with Gasteiger partial charge in [-0.1, -0.05) is 11.6 Å². The number of nitrogens with zero attached hydrogens (tertiary/aromatic N) is 2. The van der Waals surface area contributed by atoms with Gasteiger partial charge in [-0.25, -0.2) is 8.78 Å². The molecule has 0 aromatic heterocycles. The molecule has 1 fully saturated rings. The van der Waals surface area contributed by atoms with Crippen molar-refractivity contribution in [3.63, 3.8) is 0 Å². The predicted molar refractivity (Wildman–Crippen MR) is 95.0 cm³/mol. The van der Waals surface area contributed by atoms with E-state index in [2.05, 4.69) is 5.32 Å². The van der Waals surface area contributed by atoms with Crippen molar-refractivity contribution in [2.75, 3.05) is 18.0 Å². The number of hydrogen-bond acceptors (Lipinski definition) is 3. The molecule has 1 unspecified atom stereocenters. The number of aryl methyl sites for hydroxylation is 1. The third-order valence-electron chi connectivity index (χ3n) is 4.54. The highest BCUT2D eigenvalue weighted by molar-refractivity contribution is 5.94. The van der Waals surface area contributed by atoms with Crippen LogP contribution >= 0.6 is 0 Å². The molecule has 1 heterocycles. The monoisotopic (exact) mass is 355 g/mol. The molecule has 4 nitrogen and oxygen atoms in total. The van der Waals surface area contributed by atoms with Gasteiger partial charge in [0, 0.05) is 19.1 Å². The lowest BCUT2D eigenvalue weighted by Crippen LogP contribution is -2.48. The van der Waals surface area contributed by atoms with Crippen LogP contribution in [0.5, 0.6) is 0 Å². The van der Waals surface area contributed by atoms with Gasteiger partial charge < -0.3 is 10.2 Å². The first-order chi connectivity index (χ1) is 12.5. The second kappa shape index (κ2) is 7.52. The summed E-state index contributed by atoms with van der Waals surface area (Å²) in [6.07, 6.45) is 1.52. The molecule has 1 N–H and O–H groups in total. The lowest BCUT2D eigenvalue weighted by molar-refractivity contribution is 0.0929. The van der Waals surface area contributed by atoms with Crippen molar-refractivity contribution < 1.29 is 13.6 Å². The molecule has 2 aromatic carbocycles. The molecule has 0 spiro atoms. The maximum atomic E-state index is 14.2. The number of halogens is 2. The van der Waals surface area contributed by atoms with E-state index in [9.17, 15) is 13.6 Å². The number of anilines is 1. The minimum atomic E-state index is -0.557. The van der Waals surface area contributed by atoms with Crippen molar-refractivity contribution in [3.8, 4) is 6.07 Å².